The van der Waals surface area contributed by atoms with Crippen molar-refractivity contribution in [3.8, 4) is 0 Å². The maximum absolute atomic E-state index is 6.07. The van der Waals surface area contributed by atoms with Crippen molar-refractivity contribution < 1.29 is 4.74 Å². The van der Waals surface area contributed by atoms with E-state index < -0.39 is 0 Å². The normalized spacial score (nSPS) is 15.3. The lowest BCUT2D eigenvalue weighted by Gasteiger charge is -2.38. The van der Waals surface area contributed by atoms with Gasteiger partial charge >= 0.3 is 0 Å². The summed E-state index contributed by atoms with van der Waals surface area (Å²) < 4.78 is 6.07. The first-order chi connectivity index (χ1) is 8.91. The molecule has 1 aromatic carbocycles. The maximum atomic E-state index is 6.07. The van der Waals surface area contributed by atoms with E-state index >= 15 is 0 Å². The quantitative estimate of drug-likeness (QED) is 0.834. The van der Waals surface area contributed by atoms with Crippen LogP contribution in [0.1, 0.15) is 51.8 Å². The van der Waals surface area contributed by atoms with Crippen LogP contribution in [0.3, 0.4) is 0 Å². The lowest BCUT2D eigenvalue weighted by molar-refractivity contribution is -0.0364. The van der Waals surface area contributed by atoms with Gasteiger partial charge in [-0.1, -0.05) is 52.0 Å². The Morgan fingerprint density at radius 3 is 2.26 bits per heavy atom. The van der Waals surface area contributed by atoms with E-state index in [1.165, 1.54) is 11.1 Å². The van der Waals surface area contributed by atoms with Crippen molar-refractivity contribution in [1.29, 1.82) is 0 Å². The fourth-order valence-electron chi connectivity index (χ4n) is 2.56. The molecule has 1 rings (SSSR count). The zero-order valence-electron chi connectivity index (χ0n) is 13.3. The number of hydrogen-bond donors (Lipinski definition) is 1. The van der Waals surface area contributed by atoms with Crippen LogP contribution in [-0.4, -0.2) is 19.3 Å². The van der Waals surface area contributed by atoms with Crippen molar-refractivity contribution in [3.05, 3.63) is 35.4 Å². The summed E-state index contributed by atoms with van der Waals surface area (Å²) in [6, 6.07) is 8.82. The molecule has 0 saturated heterocycles. The molecule has 2 nitrogen and oxygen atoms in total. The fraction of sp³-hybridized carbons (Fsp3) is 0.647. The van der Waals surface area contributed by atoms with Crippen LogP contribution in [-0.2, 0) is 4.74 Å². The Hall–Kier alpha value is -0.860. The van der Waals surface area contributed by atoms with E-state index in [1.807, 2.05) is 0 Å². The van der Waals surface area contributed by atoms with E-state index in [0.29, 0.717) is 0 Å². The molecule has 0 radical (unpaired) electrons. The molecule has 2 heteroatoms. The molecule has 1 aromatic rings. The number of hydrogen-bond acceptors (Lipinski definition) is 2. The average molecular weight is 263 g/mol. The van der Waals surface area contributed by atoms with Gasteiger partial charge in [0.1, 0.15) is 0 Å². The molecule has 2 unspecified atom stereocenters. The second-order valence-electron chi connectivity index (χ2n) is 6.13. The summed E-state index contributed by atoms with van der Waals surface area (Å²) in [6.07, 6.45) is 0.165. The van der Waals surface area contributed by atoms with E-state index in [2.05, 4.69) is 71.1 Å². The summed E-state index contributed by atoms with van der Waals surface area (Å²) in [5, 5.41) is 3.61. The number of ether oxygens (including phenoxy) is 1. The molecular weight excluding hydrogens is 234 g/mol. The van der Waals surface area contributed by atoms with Gasteiger partial charge in [-0.2, -0.15) is 0 Å². The largest absolute Gasteiger partial charge is 0.376 e. The van der Waals surface area contributed by atoms with Gasteiger partial charge in [0.2, 0.25) is 0 Å². The van der Waals surface area contributed by atoms with Crippen LogP contribution in [0.15, 0.2) is 24.3 Å². The first-order valence-electron chi connectivity index (χ1n) is 7.32. The molecule has 0 fully saturated rings. The van der Waals surface area contributed by atoms with Gasteiger partial charge in [-0.25, -0.2) is 0 Å². The van der Waals surface area contributed by atoms with Crippen LogP contribution >= 0.6 is 0 Å². The Morgan fingerprint density at radius 2 is 1.79 bits per heavy atom. The molecule has 0 bridgehead atoms. The Balaban J connectivity index is 3.14. The van der Waals surface area contributed by atoms with Crippen LogP contribution in [0.2, 0.25) is 0 Å². The molecule has 0 aliphatic rings. The van der Waals surface area contributed by atoms with E-state index in [1.54, 1.807) is 0 Å². The summed E-state index contributed by atoms with van der Waals surface area (Å²) in [7, 11) is 0. The SMILES string of the molecule is CCNC(c1ccccc1C)C(OCC)C(C)(C)C. The molecule has 1 N–H and O–H groups in total. The maximum Gasteiger partial charge on any atom is 0.0817 e. The molecule has 0 aliphatic heterocycles. The first-order valence-corrected chi connectivity index (χ1v) is 7.32. The highest BCUT2D eigenvalue weighted by molar-refractivity contribution is 5.30. The highest BCUT2D eigenvalue weighted by atomic mass is 16.5. The molecule has 0 aromatic heterocycles. The van der Waals surface area contributed by atoms with Crippen molar-refractivity contribution in [2.45, 2.75) is 53.7 Å². The Kier molecular flexibility index (Phi) is 6.02. The molecule has 108 valence electrons. The van der Waals surface area contributed by atoms with Gasteiger partial charge in [-0.05, 0) is 36.9 Å². The monoisotopic (exact) mass is 263 g/mol. The molecule has 0 saturated carbocycles. The fourth-order valence-corrected chi connectivity index (χ4v) is 2.56. The molecule has 0 heterocycles. The molecule has 0 aliphatic carbocycles. The lowest BCUT2D eigenvalue weighted by atomic mass is 9.81. The third-order valence-electron chi connectivity index (χ3n) is 3.45. The van der Waals surface area contributed by atoms with Crippen LogP contribution in [0, 0.1) is 12.3 Å². The van der Waals surface area contributed by atoms with Gasteiger partial charge in [0.15, 0.2) is 0 Å². The van der Waals surface area contributed by atoms with Crippen molar-refractivity contribution in [2.75, 3.05) is 13.2 Å². The predicted octanol–water partition coefficient (Wildman–Crippen LogP) is 4.10. The average Bonchev–Trinajstić information content (AvgIpc) is 2.33. The second-order valence-corrected chi connectivity index (χ2v) is 6.13. The lowest BCUT2D eigenvalue weighted by Crippen LogP contribution is -2.42. The van der Waals surface area contributed by atoms with Gasteiger partial charge in [-0.3, -0.25) is 0 Å². The zero-order valence-corrected chi connectivity index (χ0v) is 13.3. The van der Waals surface area contributed by atoms with Crippen LogP contribution in [0.25, 0.3) is 0 Å². The predicted molar refractivity (Wildman–Crippen MR) is 82.5 cm³/mol. The van der Waals surface area contributed by atoms with Crippen LogP contribution in [0.4, 0.5) is 0 Å². The topological polar surface area (TPSA) is 21.3 Å². The van der Waals surface area contributed by atoms with Crippen molar-refractivity contribution in [3.63, 3.8) is 0 Å². The number of rotatable bonds is 6. The van der Waals surface area contributed by atoms with E-state index in [-0.39, 0.29) is 17.6 Å². The van der Waals surface area contributed by atoms with Crippen LogP contribution < -0.4 is 5.32 Å². The summed E-state index contributed by atoms with van der Waals surface area (Å²) >= 11 is 0. The Morgan fingerprint density at radius 1 is 1.16 bits per heavy atom. The molecular formula is C17H29NO. The second kappa shape index (κ2) is 7.06. The summed E-state index contributed by atoms with van der Waals surface area (Å²) in [6.45, 7) is 14.8. The van der Waals surface area contributed by atoms with Gasteiger partial charge in [0, 0.05) is 6.61 Å². The zero-order chi connectivity index (χ0) is 14.5. The van der Waals surface area contributed by atoms with E-state index in [9.17, 15) is 0 Å². The third kappa shape index (κ3) is 4.32. The van der Waals surface area contributed by atoms with Gasteiger partial charge < -0.3 is 10.1 Å². The minimum absolute atomic E-state index is 0.102. The standard InChI is InChI=1S/C17H29NO/c1-7-18-15(14-12-10-9-11-13(14)3)16(19-8-2)17(4,5)6/h9-12,15-16,18H,7-8H2,1-6H3. The Bertz CT molecular complexity index is 381. The molecule has 19 heavy (non-hydrogen) atoms. The molecule has 2 atom stereocenters. The van der Waals surface area contributed by atoms with Gasteiger partial charge in [0.25, 0.3) is 0 Å². The third-order valence-corrected chi connectivity index (χ3v) is 3.45. The molecule has 0 spiro atoms. The first kappa shape index (κ1) is 16.2. The highest BCUT2D eigenvalue weighted by Crippen LogP contribution is 2.34. The van der Waals surface area contributed by atoms with E-state index in [0.717, 1.165) is 13.2 Å². The smallest absolute Gasteiger partial charge is 0.0817 e. The summed E-state index contributed by atoms with van der Waals surface area (Å²) in [5.74, 6) is 0. The van der Waals surface area contributed by atoms with Gasteiger partial charge in [0.05, 0.1) is 12.1 Å². The summed E-state index contributed by atoms with van der Waals surface area (Å²) in [5.41, 5.74) is 2.77. The number of likely N-dealkylation sites (N-methyl/N-ethyl adjacent to an activating group) is 1. The van der Waals surface area contributed by atoms with Gasteiger partial charge in [-0.15, -0.1) is 0 Å². The van der Waals surface area contributed by atoms with Crippen molar-refractivity contribution in [2.24, 2.45) is 5.41 Å². The number of aryl methyl sites for hydroxylation is 1. The highest BCUT2D eigenvalue weighted by Gasteiger charge is 2.34. The minimum atomic E-state index is 0.102. The summed E-state index contributed by atoms with van der Waals surface area (Å²) in [4.78, 5) is 0. The minimum Gasteiger partial charge on any atom is -0.376 e. The number of benzene rings is 1. The van der Waals surface area contributed by atoms with E-state index in [4.69, 9.17) is 4.74 Å². The van der Waals surface area contributed by atoms with Crippen LogP contribution in [0.5, 0.6) is 0 Å². The Labute approximate surface area is 118 Å². The van der Waals surface area contributed by atoms with Crippen molar-refractivity contribution >= 4 is 0 Å². The number of nitrogens with one attached hydrogen (secondary N) is 1. The van der Waals surface area contributed by atoms with Crippen molar-refractivity contribution in [1.82, 2.24) is 5.32 Å². The molecule has 0 amide bonds.